The minimum atomic E-state index is -0.806. The number of amides is 1. The zero-order chi connectivity index (χ0) is 15.4. The molecule has 0 heterocycles. The summed E-state index contributed by atoms with van der Waals surface area (Å²) in [6.45, 7) is 0.471. The van der Waals surface area contributed by atoms with Gasteiger partial charge in [0.2, 0.25) is 5.91 Å². The predicted octanol–water partition coefficient (Wildman–Crippen LogP) is 2.02. The van der Waals surface area contributed by atoms with Crippen LogP contribution in [0.25, 0.3) is 0 Å². The van der Waals surface area contributed by atoms with E-state index in [0.29, 0.717) is 31.4 Å². The summed E-state index contributed by atoms with van der Waals surface area (Å²) in [7, 11) is 1.73. The average Bonchev–Trinajstić information content (AvgIpc) is 2.97. The minimum absolute atomic E-state index is 0.00288. The van der Waals surface area contributed by atoms with Crippen molar-refractivity contribution in [2.45, 2.75) is 25.8 Å². The molecule has 2 rings (SSSR count). The molecule has 0 unspecified atom stereocenters. The Kier molecular flexibility index (Phi) is 4.59. The van der Waals surface area contributed by atoms with Crippen molar-refractivity contribution in [3.05, 3.63) is 35.4 Å². The molecule has 1 aliphatic rings. The number of nitriles is 1. The Labute approximate surface area is 123 Å². The molecule has 1 amide bonds. The van der Waals surface area contributed by atoms with Gasteiger partial charge >= 0.3 is 5.97 Å². The van der Waals surface area contributed by atoms with Crippen LogP contribution >= 0.6 is 0 Å². The van der Waals surface area contributed by atoms with Crippen LogP contribution in [0.3, 0.4) is 0 Å². The van der Waals surface area contributed by atoms with Gasteiger partial charge in [-0.2, -0.15) is 5.26 Å². The molecule has 1 aliphatic carbocycles. The number of hydrogen-bond donors (Lipinski definition) is 1. The van der Waals surface area contributed by atoms with Crippen LogP contribution in [-0.4, -0.2) is 28.9 Å². The van der Waals surface area contributed by atoms with Crippen molar-refractivity contribution in [1.29, 1.82) is 5.26 Å². The van der Waals surface area contributed by atoms with E-state index in [-0.39, 0.29) is 17.7 Å². The summed E-state index contributed by atoms with van der Waals surface area (Å²) in [4.78, 5) is 24.9. The van der Waals surface area contributed by atoms with Gasteiger partial charge in [0.05, 0.1) is 17.6 Å². The lowest BCUT2D eigenvalue weighted by atomic mass is 10.0. The lowest BCUT2D eigenvalue weighted by Crippen LogP contribution is -2.31. The maximum atomic E-state index is 12.3. The predicted molar refractivity (Wildman–Crippen MR) is 76.1 cm³/mol. The second-order valence-electron chi connectivity index (χ2n) is 5.55. The van der Waals surface area contributed by atoms with Crippen molar-refractivity contribution >= 4 is 11.9 Å². The fraction of sp³-hybridized carbons (Fsp3) is 0.438. The zero-order valence-corrected chi connectivity index (χ0v) is 12.0. The van der Waals surface area contributed by atoms with Gasteiger partial charge in [-0.1, -0.05) is 12.1 Å². The number of carboxylic acids is 1. The molecule has 0 aromatic heterocycles. The largest absolute Gasteiger partial charge is 0.481 e. The lowest BCUT2D eigenvalue weighted by molar-refractivity contribution is -0.141. The number of carboxylic acid groups (broad SMARTS) is 1. The SMILES string of the molecule is CN(Cc1ccc(C#N)cc1)C(=O)[C@@H]1CC[C@H](C(=O)O)C1. The van der Waals surface area contributed by atoms with E-state index in [0.717, 1.165) is 5.56 Å². The number of carbonyl (C=O) groups excluding carboxylic acids is 1. The first kappa shape index (κ1) is 15.0. The van der Waals surface area contributed by atoms with E-state index in [1.807, 2.05) is 12.1 Å². The van der Waals surface area contributed by atoms with E-state index < -0.39 is 5.97 Å². The molecule has 21 heavy (non-hydrogen) atoms. The second kappa shape index (κ2) is 6.40. The molecule has 0 bridgehead atoms. The van der Waals surface area contributed by atoms with E-state index in [9.17, 15) is 9.59 Å². The van der Waals surface area contributed by atoms with E-state index in [1.165, 1.54) is 0 Å². The Hall–Kier alpha value is -2.35. The number of aliphatic carboxylic acids is 1. The van der Waals surface area contributed by atoms with Gasteiger partial charge in [-0.05, 0) is 37.0 Å². The maximum Gasteiger partial charge on any atom is 0.306 e. The molecule has 1 aromatic carbocycles. The van der Waals surface area contributed by atoms with Crippen molar-refractivity contribution in [3.63, 3.8) is 0 Å². The number of nitrogens with zero attached hydrogens (tertiary/aromatic N) is 2. The highest BCUT2D eigenvalue weighted by Gasteiger charge is 2.35. The first-order valence-corrected chi connectivity index (χ1v) is 6.98. The second-order valence-corrected chi connectivity index (χ2v) is 5.55. The average molecular weight is 286 g/mol. The number of rotatable bonds is 4. The van der Waals surface area contributed by atoms with E-state index in [1.54, 1.807) is 24.1 Å². The molecule has 5 nitrogen and oxygen atoms in total. The van der Waals surface area contributed by atoms with Gasteiger partial charge in [-0.15, -0.1) is 0 Å². The third-order valence-electron chi connectivity index (χ3n) is 4.01. The van der Waals surface area contributed by atoms with Crippen molar-refractivity contribution in [2.75, 3.05) is 7.05 Å². The topological polar surface area (TPSA) is 81.4 Å². The monoisotopic (exact) mass is 286 g/mol. The number of carbonyl (C=O) groups is 2. The molecule has 1 saturated carbocycles. The van der Waals surface area contributed by atoms with Gasteiger partial charge in [-0.25, -0.2) is 0 Å². The number of hydrogen-bond acceptors (Lipinski definition) is 3. The molecule has 1 N–H and O–H groups in total. The van der Waals surface area contributed by atoms with Gasteiger partial charge in [0.25, 0.3) is 0 Å². The van der Waals surface area contributed by atoms with Gasteiger partial charge < -0.3 is 10.0 Å². The highest BCUT2D eigenvalue weighted by atomic mass is 16.4. The van der Waals surface area contributed by atoms with Gasteiger partial charge in [0.15, 0.2) is 0 Å². The van der Waals surface area contributed by atoms with Crippen LogP contribution in [0.15, 0.2) is 24.3 Å². The molecule has 0 radical (unpaired) electrons. The Morgan fingerprint density at radius 3 is 2.43 bits per heavy atom. The van der Waals surface area contributed by atoms with Crippen molar-refractivity contribution < 1.29 is 14.7 Å². The first-order chi connectivity index (χ1) is 10.0. The third kappa shape index (κ3) is 3.60. The zero-order valence-electron chi connectivity index (χ0n) is 12.0. The smallest absolute Gasteiger partial charge is 0.306 e. The number of benzene rings is 1. The van der Waals surface area contributed by atoms with Gasteiger partial charge in [-0.3, -0.25) is 9.59 Å². The Morgan fingerprint density at radius 2 is 1.90 bits per heavy atom. The molecule has 110 valence electrons. The van der Waals surface area contributed by atoms with Crippen LogP contribution < -0.4 is 0 Å². The van der Waals surface area contributed by atoms with E-state index >= 15 is 0 Å². The summed E-state index contributed by atoms with van der Waals surface area (Å²) in [5, 5.41) is 17.7. The Bertz CT molecular complexity index is 574. The molecular formula is C16H18N2O3. The van der Waals surface area contributed by atoms with Crippen LogP contribution in [0.4, 0.5) is 0 Å². The fourth-order valence-corrected chi connectivity index (χ4v) is 2.78. The molecule has 5 heteroatoms. The molecule has 0 aliphatic heterocycles. The summed E-state index contributed by atoms with van der Waals surface area (Å²) in [5.74, 6) is -1.38. The van der Waals surface area contributed by atoms with Crippen LogP contribution in [0.5, 0.6) is 0 Å². The maximum absolute atomic E-state index is 12.3. The molecule has 0 saturated heterocycles. The summed E-state index contributed by atoms with van der Waals surface area (Å²) >= 11 is 0. The molecule has 1 fully saturated rings. The lowest BCUT2D eigenvalue weighted by Gasteiger charge is -2.21. The van der Waals surface area contributed by atoms with Gasteiger partial charge in [0.1, 0.15) is 0 Å². The van der Waals surface area contributed by atoms with Crippen molar-refractivity contribution in [2.24, 2.45) is 11.8 Å². The fourth-order valence-electron chi connectivity index (χ4n) is 2.78. The quantitative estimate of drug-likeness (QED) is 0.918. The standard InChI is InChI=1S/C16H18N2O3/c1-18(10-12-4-2-11(9-17)3-5-12)15(19)13-6-7-14(8-13)16(20)21/h2-5,13-14H,6-8,10H2,1H3,(H,20,21)/t13-,14+/m1/s1. The van der Waals surface area contributed by atoms with Gasteiger partial charge in [0, 0.05) is 19.5 Å². The molecule has 2 atom stereocenters. The summed E-state index contributed by atoms with van der Waals surface area (Å²) in [6.07, 6.45) is 1.66. The van der Waals surface area contributed by atoms with Crippen LogP contribution in [0.2, 0.25) is 0 Å². The molecular weight excluding hydrogens is 268 g/mol. The third-order valence-corrected chi connectivity index (χ3v) is 4.01. The highest BCUT2D eigenvalue weighted by molar-refractivity contribution is 5.80. The Morgan fingerprint density at radius 1 is 1.29 bits per heavy atom. The van der Waals surface area contributed by atoms with Crippen LogP contribution in [0.1, 0.15) is 30.4 Å². The van der Waals surface area contributed by atoms with E-state index in [2.05, 4.69) is 6.07 Å². The normalized spacial score (nSPS) is 20.8. The summed E-state index contributed by atoms with van der Waals surface area (Å²) < 4.78 is 0. The van der Waals surface area contributed by atoms with E-state index in [4.69, 9.17) is 10.4 Å². The molecule has 0 spiro atoms. The van der Waals surface area contributed by atoms with Crippen molar-refractivity contribution in [3.8, 4) is 6.07 Å². The molecule has 1 aromatic rings. The summed E-state index contributed by atoms with van der Waals surface area (Å²) in [5.41, 5.74) is 1.55. The highest BCUT2D eigenvalue weighted by Crippen LogP contribution is 2.32. The summed E-state index contributed by atoms with van der Waals surface area (Å²) in [6, 6.07) is 9.17. The minimum Gasteiger partial charge on any atom is -0.481 e. The van der Waals surface area contributed by atoms with Crippen LogP contribution in [-0.2, 0) is 16.1 Å². The van der Waals surface area contributed by atoms with Crippen LogP contribution in [0, 0.1) is 23.2 Å². The Balaban J connectivity index is 1.93. The first-order valence-electron chi connectivity index (χ1n) is 6.98. The van der Waals surface area contributed by atoms with Crippen molar-refractivity contribution in [1.82, 2.24) is 4.90 Å².